The highest BCUT2D eigenvalue weighted by Gasteiger charge is 2.18. The molecule has 2 N–H and O–H groups in total. The minimum absolute atomic E-state index is 0.0358. The summed E-state index contributed by atoms with van der Waals surface area (Å²) in [5.74, 6) is 0.297. The van der Waals surface area contributed by atoms with E-state index in [9.17, 15) is 10.1 Å². The molecule has 2 aromatic heterocycles. The number of hydrogen-bond acceptors (Lipinski definition) is 7. The summed E-state index contributed by atoms with van der Waals surface area (Å²) in [6.45, 7) is 0. The Hall–Kier alpha value is -2.77. The standard InChI is InChI=1S/C10H9N5O3/c1-18-8-4-6(2-3-12-8)9-7(15(16)17)5-13-10(11)14-9/h2-5H,1H3,(H2,11,13,14). The molecule has 0 bridgehead atoms. The van der Waals surface area contributed by atoms with E-state index in [0.29, 0.717) is 11.4 Å². The minimum atomic E-state index is -0.568. The number of rotatable bonds is 3. The number of aromatic nitrogens is 3. The van der Waals surface area contributed by atoms with E-state index in [4.69, 9.17) is 10.5 Å². The quantitative estimate of drug-likeness (QED) is 0.635. The summed E-state index contributed by atoms with van der Waals surface area (Å²) in [6, 6.07) is 3.12. The first kappa shape index (κ1) is 11.7. The SMILES string of the molecule is COc1cc(-c2nc(N)ncc2[N+](=O)[O-])ccn1. The maximum Gasteiger partial charge on any atom is 0.313 e. The van der Waals surface area contributed by atoms with Gasteiger partial charge in [-0.1, -0.05) is 0 Å². The summed E-state index contributed by atoms with van der Waals surface area (Å²) >= 11 is 0. The van der Waals surface area contributed by atoms with Crippen molar-refractivity contribution in [2.45, 2.75) is 0 Å². The second-order valence-electron chi connectivity index (χ2n) is 3.31. The summed E-state index contributed by atoms with van der Waals surface area (Å²) in [5.41, 5.74) is 5.84. The highest BCUT2D eigenvalue weighted by molar-refractivity contribution is 5.70. The lowest BCUT2D eigenvalue weighted by Crippen LogP contribution is -2.01. The van der Waals surface area contributed by atoms with Gasteiger partial charge in [-0.05, 0) is 6.07 Å². The van der Waals surface area contributed by atoms with Crippen LogP contribution in [0.4, 0.5) is 11.6 Å². The Kier molecular flexibility index (Phi) is 3.00. The molecule has 2 rings (SSSR count). The Morgan fingerprint density at radius 2 is 2.22 bits per heavy atom. The fourth-order valence-electron chi connectivity index (χ4n) is 1.40. The number of nitrogen functional groups attached to an aromatic ring is 1. The Labute approximate surface area is 102 Å². The largest absolute Gasteiger partial charge is 0.481 e. The van der Waals surface area contributed by atoms with Crippen LogP contribution in [0.5, 0.6) is 5.88 Å². The Bertz CT molecular complexity index is 602. The van der Waals surface area contributed by atoms with Crippen LogP contribution in [0.1, 0.15) is 0 Å². The first-order valence-electron chi connectivity index (χ1n) is 4.89. The van der Waals surface area contributed by atoms with Crippen molar-refractivity contribution in [1.29, 1.82) is 0 Å². The number of methoxy groups -OCH3 is 1. The van der Waals surface area contributed by atoms with E-state index in [1.165, 1.54) is 19.4 Å². The van der Waals surface area contributed by atoms with Crippen molar-refractivity contribution in [2.75, 3.05) is 12.8 Å². The van der Waals surface area contributed by atoms with Gasteiger partial charge in [0, 0.05) is 17.8 Å². The third-order valence-electron chi connectivity index (χ3n) is 2.20. The van der Waals surface area contributed by atoms with Gasteiger partial charge >= 0.3 is 5.69 Å². The molecule has 0 radical (unpaired) electrons. The maximum absolute atomic E-state index is 10.9. The van der Waals surface area contributed by atoms with Crippen LogP contribution >= 0.6 is 0 Å². The summed E-state index contributed by atoms with van der Waals surface area (Å²) < 4.78 is 4.95. The molecule has 0 saturated carbocycles. The fourth-order valence-corrected chi connectivity index (χ4v) is 1.40. The molecule has 0 spiro atoms. The van der Waals surface area contributed by atoms with Crippen molar-refractivity contribution in [2.24, 2.45) is 0 Å². The van der Waals surface area contributed by atoms with E-state index in [0.717, 1.165) is 6.20 Å². The normalized spacial score (nSPS) is 10.1. The molecule has 92 valence electrons. The van der Waals surface area contributed by atoms with E-state index in [2.05, 4.69) is 15.0 Å². The van der Waals surface area contributed by atoms with Gasteiger partial charge in [0.25, 0.3) is 0 Å². The number of nitro groups is 1. The zero-order valence-corrected chi connectivity index (χ0v) is 9.40. The molecule has 0 saturated heterocycles. The zero-order chi connectivity index (χ0) is 13.1. The number of hydrogen-bond donors (Lipinski definition) is 1. The molecule has 0 unspecified atom stereocenters. The average Bonchev–Trinajstić information content (AvgIpc) is 2.38. The van der Waals surface area contributed by atoms with Gasteiger partial charge in [-0.15, -0.1) is 0 Å². The predicted octanol–water partition coefficient (Wildman–Crippen LogP) is 1.04. The van der Waals surface area contributed by atoms with Crippen LogP contribution in [0.25, 0.3) is 11.3 Å². The van der Waals surface area contributed by atoms with Gasteiger partial charge in [-0.25, -0.2) is 15.0 Å². The Morgan fingerprint density at radius 1 is 1.44 bits per heavy atom. The van der Waals surface area contributed by atoms with E-state index in [1.54, 1.807) is 6.07 Å². The topological polar surface area (TPSA) is 117 Å². The second kappa shape index (κ2) is 4.62. The molecule has 8 nitrogen and oxygen atoms in total. The minimum Gasteiger partial charge on any atom is -0.481 e. The predicted molar refractivity (Wildman–Crippen MR) is 62.9 cm³/mol. The van der Waals surface area contributed by atoms with Gasteiger partial charge in [0.2, 0.25) is 11.8 Å². The van der Waals surface area contributed by atoms with Gasteiger partial charge < -0.3 is 10.5 Å². The van der Waals surface area contributed by atoms with E-state index in [-0.39, 0.29) is 17.3 Å². The van der Waals surface area contributed by atoms with Crippen LogP contribution in [-0.2, 0) is 0 Å². The maximum atomic E-state index is 10.9. The van der Waals surface area contributed by atoms with Crippen LogP contribution in [0.3, 0.4) is 0 Å². The molecule has 18 heavy (non-hydrogen) atoms. The van der Waals surface area contributed by atoms with Crippen LogP contribution < -0.4 is 10.5 Å². The highest BCUT2D eigenvalue weighted by atomic mass is 16.6. The molecular weight excluding hydrogens is 238 g/mol. The number of pyridine rings is 1. The molecule has 0 fully saturated rings. The molecular formula is C10H9N5O3. The lowest BCUT2D eigenvalue weighted by molar-refractivity contribution is -0.384. The molecule has 2 heterocycles. The van der Waals surface area contributed by atoms with Crippen LogP contribution in [0.15, 0.2) is 24.5 Å². The fraction of sp³-hybridized carbons (Fsp3) is 0.100. The number of nitrogens with zero attached hydrogens (tertiary/aromatic N) is 4. The summed E-state index contributed by atoms with van der Waals surface area (Å²) in [4.78, 5) is 21.7. The summed E-state index contributed by atoms with van der Waals surface area (Å²) in [7, 11) is 1.45. The zero-order valence-electron chi connectivity index (χ0n) is 9.40. The lowest BCUT2D eigenvalue weighted by atomic mass is 10.1. The Balaban J connectivity index is 2.61. The van der Waals surface area contributed by atoms with Gasteiger partial charge in [0.05, 0.1) is 12.0 Å². The second-order valence-corrected chi connectivity index (χ2v) is 3.31. The molecule has 0 aliphatic carbocycles. The average molecular weight is 247 g/mol. The van der Waals surface area contributed by atoms with Crippen molar-refractivity contribution in [3.63, 3.8) is 0 Å². The first-order valence-corrected chi connectivity index (χ1v) is 4.89. The molecule has 0 atom stereocenters. The van der Waals surface area contributed by atoms with Gasteiger partial charge in [-0.3, -0.25) is 10.1 Å². The van der Waals surface area contributed by atoms with Crippen LogP contribution in [0, 0.1) is 10.1 Å². The molecule has 0 aliphatic heterocycles. The van der Waals surface area contributed by atoms with Crippen molar-refractivity contribution in [3.8, 4) is 17.1 Å². The van der Waals surface area contributed by atoms with Gasteiger partial charge in [0.15, 0.2) is 5.69 Å². The van der Waals surface area contributed by atoms with Crippen molar-refractivity contribution >= 4 is 11.6 Å². The number of nitrogens with two attached hydrogens (primary N) is 1. The highest BCUT2D eigenvalue weighted by Crippen LogP contribution is 2.28. The first-order chi connectivity index (χ1) is 8.61. The van der Waals surface area contributed by atoms with Crippen LogP contribution in [-0.4, -0.2) is 27.0 Å². The van der Waals surface area contributed by atoms with Crippen molar-refractivity contribution in [3.05, 3.63) is 34.6 Å². The van der Waals surface area contributed by atoms with Crippen molar-refractivity contribution < 1.29 is 9.66 Å². The van der Waals surface area contributed by atoms with E-state index in [1.807, 2.05) is 0 Å². The monoisotopic (exact) mass is 247 g/mol. The summed E-state index contributed by atoms with van der Waals surface area (Å²) in [6.07, 6.45) is 2.54. The molecule has 0 aliphatic rings. The lowest BCUT2D eigenvalue weighted by Gasteiger charge is -2.04. The smallest absolute Gasteiger partial charge is 0.313 e. The molecule has 0 amide bonds. The van der Waals surface area contributed by atoms with Gasteiger partial charge in [0.1, 0.15) is 6.20 Å². The molecule has 8 heteroatoms. The number of anilines is 1. The van der Waals surface area contributed by atoms with Crippen LogP contribution in [0.2, 0.25) is 0 Å². The third-order valence-corrected chi connectivity index (χ3v) is 2.20. The molecule has 2 aromatic rings. The van der Waals surface area contributed by atoms with Crippen molar-refractivity contribution in [1.82, 2.24) is 15.0 Å². The molecule has 0 aromatic carbocycles. The summed E-state index contributed by atoms with van der Waals surface area (Å²) in [5, 5.41) is 10.9. The van der Waals surface area contributed by atoms with E-state index < -0.39 is 4.92 Å². The third kappa shape index (κ3) is 2.17. The Morgan fingerprint density at radius 3 is 2.89 bits per heavy atom. The van der Waals surface area contributed by atoms with Gasteiger partial charge in [-0.2, -0.15) is 0 Å². The van der Waals surface area contributed by atoms with E-state index >= 15 is 0 Å². The number of ether oxygens (including phenoxy) is 1.